The number of nitrogens with zero attached hydrogens (tertiary/aromatic N) is 3. The maximum absolute atomic E-state index is 12.7. The number of fused-ring (bicyclic) bond motifs is 1. The molecule has 1 aromatic heterocycles. The highest BCUT2D eigenvalue weighted by molar-refractivity contribution is 5.97. The smallest absolute Gasteiger partial charge is 0.228 e. The molecular formula is C25H28N4O. The summed E-state index contributed by atoms with van der Waals surface area (Å²) in [7, 11) is 2.16. The molecule has 1 saturated carbocycles. The van der Waals surface area contributed by atoms with Gasteiger partial charge in [-0.15, -0.1) is 0 Å². The van der Waals surface area contributed by atoms with E-state index in [4.69, 9.17) is 4.98 Å². The maximum Gasteiger partial charge on any atom is 0.228 e. The molecule has 5 nitrogen and oxygen atoms in total. The van der Waals surface area contributed by atoms with E-state index in [1.165, 1.54) is 11.1 Å². The van der Waals surface area contributed by atoms with Crippen molar-refractivity contribution in [1.82, 2.24) is 9.88 Å². The molecule has 2 fully saturated rings. The molecule has 2 unspecified atom stereocenters. The van der Waals surface area contributed by atoms with Crippen molar-refractivity contribution in [2.24, 2.45) is 5.92 Å². The van der Waals surface area contributed by atoms with Gasteiger partial charge in [0.2, 0.25) is 5.91 Å². The lowest BCUT2D eigenvalue weighted by Gasteiger charge is -2.33. The van der Waals surface area contributed by atoms with E-state index in [0.717, 1.165) is 55.0 Å². The third kappa shape index (κ3) is 3.77. The Labute approximate surface area is 177 Å². The van der Waals surface area contributed by atoms with Crippen molar-refractivity contribution in [1.29, 1.82) is 0 Å². The Bertz CT molecular complexity index is 1070. The largest absolute Gasteiger partial charge is 0.354 e. The summed E-state index contributed by atoms with van der Waals surface area (Å²) in [5.41, 5.74) is 4.28. The molecule has 1 N–H and O–H groups in total. The molecule has 2 heterocycles. The van der Waals surface area contributed by atoms with Gasteiger partial charge in [0, 0.05) is 43.2 Å². The summed E-state index contributed by atoms with van der Waals surface area (Å²) in [6, 6.07) is 18.5. The minimum Gasteiger partial charge on any atom is -0.354 e. The van der Waals surface area contributed by atoms with Crippen LogP contribution in [0.25, 0.3) is 10.9 Å². The number of anilines is 2. The number of amides is 1. The van der Waals surface area contributed by atoms with Gasteiger partial charge in [-0.3, -0.25) is 4.79 Å². The van der Waals surface area contributed by atoms with Crippen molar-refractivity contribution >= 4 is 28.3 Å². The Balaban J connectivity index is 1.31. The lowest BCUT2D eigenvalue weighted by atomic mass is 10.1. The fraction of sp³-hybridized carbons (Fsp3) is 0.360. The van der Waals surface area contributed by atoms with E-state index in [1.54, 1.807) is 0 Å². The monoisotopic (exact) mass is 400 g/mol. The molecule has 5 heteroatoms. The van der Waals surface area contributed by atoms with Crippen LogP contribution in [0, 0.1) is 12.8 Å². The van der Waals surface area contributed by atoms with E-state index in [9.17, 15) is 4.79 Å². The molecule has 1 amide bonds. The molecule has 1 aliphatic carbocycles. The van der Waals surface area contributed by atoms with Crippen molar-refractivity contribution in [3.63, 3.8) is 0 Å². The van der Waals surface area contributed by atoms with Gasteiger partial charge in [-0.1, -0.05) is 30.3 Å². The van der Waals surface area contributed by atoms with Gasteiger partial charge in [0.05, 0.1) is 5.52 Å². The highest BCUT2D eigenvalue weighted by Crippen LogP contribution is 2.47. The molecule has 0 radical (unpaired) electrons. The summed E-state index contributed by atoms with van der Waals surface area (Å²) in [6.07, 6.45) is 0.929. The Hall–Kier alpha value is -2.92. The molecule has 2 aromatic carbocycles. The van der Waals surface area contributed by atoms with Crippen LogP contribution in [0.1, 0.15) is 23.5 Å². The zero-order chi connectivity index (χ0) is 20.7. The predicted octanol–water partition coefficient (Wildman–Crippen LogP) is 4.04. The summed E-state index contributed by atoms with van der Waals surface area (Å²) in [5.74, 6) is 1.58. The van der Waals surface area contributed by atoms with Gasteiger partial charge in [0.15, 0.2) is 0 Å². The fourth-order valence-electron chi connectivity index (χ4n) is 4.44. The van der Waals surface area contributed by atoms with E-state index in [2.05, 4.69) is 53.4 Å². The Kier molecular flexibility index (Phi) is 4.91. The lowest BCUT2D eigenvalue weighted by molar-refractivity contribution is -0.117. The minimum absolute atomic E-state index is 0.0712. The van der Waals surface area contributed by atoms with Crippen LogP contribution in [-0.2, 0) is 4.79 Å². The highest BCUT2D eigenvalue weighted by Gasteiger charge is 2.43. The molecular weight excluding hydrogens is 372 g/mol. The van der Waals surface area contributed by atoms with Gasteiger partial charge in [0.1, 0.15) is 5.82 Å². The number of hydrogen-bond donors (Lipinski definition) is 1. The van der Waals surface area contributed by atoms with E-state index < -0.39 is 0 Å². The van der Waals surface area contributed by atoms with Gasteiger partial charge in [-0.05, 0) is 61.7 Å². The second-order valence-corrected chi connectivity index (χ2v) is 8.67. The maximum atomic E-state index is 12.7. The molecule has 2 atom stereocenters. The zero-order valence-electron chi connectivity index (χ0n) is 17.6. The quantitative estimate of drug-likeness (QED) is 0.718. The third-order valence-corrected chi connectivity index (χ3v) is 6.45. The second-order valence-electron chi connectivity index (χ2n) is 8.67. The number of aryl methyl sites for hydroxylation is 1. The molecule has 1 aliphatic heterocycles. The SMILES string of the molecule is Cc1cc(N2CCN(C)CC2)nc2ccc(NC(=O)C3CC3c3ccccc3)cc12. The van der Waals surface area contributed by atoms with Gasteiger partial charge in [0.25, 0.3) is 0 Å². The number of carbonyl (C=O) groups excluding carboxylic acids is 1. The lowest BCUT2D eigenvalue weighted by Crippen LogP contribution is -2.44. The van der Waals surface area contributed by atoms with Crippen LogP contribution in [0.3, 0.4) is 0 Å². The van der Waals surface area contributed by atoms with Crippen LogP contribution in [-0.4, -0.2) is 49.0 Å². The average Bonchev–Trinajstić information content (AvgIpc) is 3.56. The minimum atomic E-state index is 0.0712. The van der Waals surface area contributed by atoms with Crippen molar-refractivity contribution < 1.29 is 4.79 Å². The van der Waals surface area contributed by atoms with E-state index in [-0.39, 0.29) is 11.8 Å². The van der Waals surface area contributed by atoms with E-state index in [0.29, 0.717) is 5.92 Å². The number of pyridine rings is 1. The number of nitrogens with one attached hydrogen (secondary N) is 1. The van der Waals surface area contributed by atoms with Crippen molar-refractivity contribution in [3.05, 3.63) is 65.7 Å². The molecule has 0 spiro atoms. The average molecular weight is 401 g/mol. The molecule has 1 saturated heterocycles. The van der Waals surface area contributed by atoms with Crippen LogP contribution >= 0.6 is 0 Å². The Morgan fingerprint density at radius 1 is 1.03 bits per heavy atom. The van der Waals surface area contributed by atoms with Crippen molar-refractivity contribution in [3.8, 4) is 0 Å². The van der Waals surface area contributed by atoms with Crippen LogP contribution in [0.2, 0.25) is 0 Å². The van der Waals surface area contributed by atoms with Gasteiger partial charge >= 0.3 is 0 Å². The summed E-state index contributed by atoms with van der Waals surface area (Å²) >= 11 is 0. The Morgan fingerprint density at radius 3 is 2.57 bits per heavy atom. The summed E-state index contributed by atoms with van der Waals surface area (Å²) in [4.78, 5) is 22.3. The highest BCUT2D eigenvalue weighted by atomic mass is 16.2. The Morgan fingerprint density at radius 2 is 1.80 bits per heavy atom. The number of hydrogen-bond acceptors (Lipinski definition) is 4. The summed E-state index contributed by atoms with van der Waals surface area (Å²) in [5, 5.41) is 4.22. The van der Waals surface area contributed by atoms with Gasteiger partial charge < -0.3 is 15.1 Å². The van der Waals surface area contributed by atoms with Gasteiger partial charge in [-0.25, -0.2) is 4.98 Å². The topological polar surface area (TPSA) is 48.5 Å². The van der Waals surface area contributed by atoms with E-state index in [1.807, 2.05) is 30.3 Å². The number of likely N-dealkylation sites (N-methyl/N-ethyl adjacent to an activating group) is 1. The first-order chi connectivity index (χ1) is 14.6. The molecule has 0 bridgehead atoms. The zero-order valence-corrected chi connectivity index (χ0v) is 17.6. The normalized spacial score (nSPS) is 21.6. The van der Waals surface area contributed by atoms with Crippen molar-refractivity contribution in [2.75, 3.05) is 43.4 Å². The van der Waals surface area contributed by atoms with Crippen LogP contribution < -0.4 is 10.2 Å². The molecule has 154 valence electrons. The molecule has 3 aromatic rings. The standard InChI is InChI=1S/C25H28N4O/c1-17-14-24(29-12-10-28(2)11-13-29)27-23-9-8-19(15-20(17)23)26-25(30)22-16-21(22)18-6-4-3-5-7-18/h3-9,14-15,21-22H,10-13,16H2,1-2H3,(H,26,30). The molecule has 30 heavy (non-hydrogen) atoms. The number of rotatable bonds is 4. The first kappa shape index (κ1) is 19.1. The number of benzene rings is 2. The summed E-state index contributed by atoms with van der Waals surface area (Å²) < 4.78 is 0. The first-order valence-electron chi connectivity index (χ1n) is 10.8. The second kappa shape index (κ2) is 7.73. The fourth-order valence-corrected chi connectivity index (χ4v) is 4.44. The van der Waals surface area contributed by atoms with E-state index >= 15 is 0 Å². The number of aromatic nitrogens is 1. The number of piperazine rings is 1. The predicted molar refractivity (Wildman–Crippen MR) is 122 cm³/mol. The van der Waals surface area contributed by atoms with Crippen LogP contribution in [0.5, 0.6) is 0 Å². The molecule has 5 rings (SSSR count). The third-order valence-electron chi connectivity index (χ3n) is 6.45. The first-order valence-corrected chi connectivity index (χ1v) is 10.8. The van der Waals surface area contributed by atoms with Crippen LogP contribution in [0.4, 0.5) is 11.5 Å². The van der Waals surface area contributed by atoms with Crippen LogP contribution in [0.15, 0.2) is 54.6 Å². The number of carbonyl (C=O) groups is 1. The molecule has 2 aliphatic rings. The van der Waals surface area contributed by atoms with Crippen molar-refractivity contribution in [2.45, 2.75) is 19.3 Å². The summed E-state index contributed by atoms with van der Waals surface area (Å²) in [6.45, 7) is 6.27. The van der Waals surface area contributed by atoms with Gasteiger partial charge in [-0.2, -0.15) is 0 Å².